The summed E-state index contributed by atoms with van der Waals surface area (Å²) in [6.45, 7) is 3.41. The Morgan fingerprint density at radius 3 is 2.78 bits per heavy atom. The van der Waals surface area contributed by atoms with Gasteiger partial charge in [-0.05, 0) is 48.1 Å². The van der Waals surface area contributed by atoms with Crippen LogP contribution in [-0.4, -0.2) is 22.5 Å². The lowest BCUT2D eigenvalue weighted by molar-refractivity contribution is 0.260. The number of nitriles is 2. The molecular formula is C28H29ClN8. The molecule has 4 N–H and O–H groups in total. The van der Waals surface area contributed by atoms with E-state index in [1.165, 1.54) is 6.20 Å². The smallest absolute Gasteiger partial charge is 0.103 e. The van der Waals surface area contributed by atoms with Gasteiger partial charge in [-0.1, -0.05) is 44.5 Å². The minimum atomic E-state index is -1.88. The third-order valence-corrected chi connectivity index (χ3v) is 6.24. The van der Waals surface area contributed by atoms with E-state index in [4.69, 9.17) is 14.3 Å². The topological polar surface area (TPSA) is 112 Å². The second-order valence-corrected chi connectivity index (χ2v) is 10.5. The molecule has 3 aromatic rings. The molecule has 188 valence electrons. The minimum Gasteiger partial charge on any atom is -0.383 e. The van der Waals surface area contributed by atoms with Crippen LogP contribution in [0.3, 0.4) is 0 Å². The number of hydrogen-bond acceptors (Lipinski definition) is 8. The van der Waals surface area contributed by atoms with Crippen molar-refractivity contribution in [2.45, 2.75) is 45.7 Å². The second-order valence-electron chi connectivity index (χ2n) is 10.1. The first kappa shape index (κ1) is 21.1. The normalized spacial score (nSPS) is 18.4. The highest BCUT2D eigenvalue weighted by molar-refractivity contribution is 6.35. The zero-order valence-corrected chi connectivity index (χ0v) is 21.5. The lowest BCUT2D eigenvalue weighted by Crippen LogP contribution is -2.38. The molecule has 0 saturated heterocycles. The summed E-state index contributed by atoms with van der Waals surface area (Å²) in [4.78, 5) is 4.37. The predicted molar refractivity (Wildman–Crippen MR) is 146 cm³/mol. The van der Waals surface area contributed by atoms with Crippen LogP contribution in [0.25, 0.3) is 10.9 Å². The summed E-state index contributed by atoms with van der Waals surface area (Å²) < 4.78 is 26.9. The van der Waals surface area contributed by atoms with Gasteiger partial charge in [0.2, 0.25) is 0 Å². The maximum absolute atomic E-state index is 9.83. The first-order valence-electron chi connectivity index (χ1n) is 13.5. The number of fused-ring (bicyclic) bond motifs is 1. The fraction of sp³-hybridized carbons (Fsp3) is 0.321. The van der Waals surface area contributed by atoms with Gasteiger partial charge >= 0.3 is 0 Å². The largest absolute Gasteiger partial charge is 0.383 e. The summed E-state index contributed by atoms with van der Waals surface area (Å²) in [6.07, 6.45) is 5.32. The molecule has 2 heterocycles. The van der Waals surface area contributed by atoms with Crippen LogP contribution < -0.4 is 21.6 Å². The molecule has 8 nitrogen and oxygen atoms in total. The van der Waals surface area contributed by atoms with Gasteiger partial charge in [-0.15, -0.1) is 5.53 Å². The maximum atomic E-state index is 9.83. The van der Waals surface area contributed by atoms with E-state index >= 15 is 0 Å². The van der Waals surface area contributed by atoms with Crippen LogP contribution in [0.2, 0.25) is 5.02 Å². The molecule has 5 rings (SSSR count). The molecule has 1 unspecified atom stereocenters. The van der Waals surface area contributed by atoms with Gasteiger partial charge in [-0.25, -0.2) is 0 Å². The second kappa shape index (κ2) is 9.82. The number of rotatable bonds is 7. The van der Waals surface area contributed by atoms with Crippen molar-refractivity contribution in [3.05, 3.63) is 76.2 Å². The van der Waals surface area contributed by atoms with Gasteiger partial charge in [0, 0.05) is 38.8 Å². The summed E-state index contributed by atoms with van der Waals surface area (Å²) in [5, 5.41) is 28.2. The molecule has 37 heavy (non-hydrogen) atoms. The molecule has 0 spiro atoms. The zero-order valence-electron chi connectivity index (χ0n) is 23.8. The third-order valence-electron chi connectivity index (χ3n) is 5.95. The number of benzene rings is 2. The molecule has 2 aromatic carbocycles. The number of aromatic nitrogens is 1. The number of nitrogens with zero attached hydrogens (tertiary/aromatic N) is 4. The van der Waals surface area contributed by atoms with E-state index in [0.29, 0.717) is 39.5 Å². The Labute approximate surface area is 226 Å². The number of hydrogen-bond donors (Lipinski definition) is 4. The average Bonchev–Trinajstić information content (AvgIpc) is 3.63. The molecule has 0 radical (unpaired) electrons. The zero-order chi connectivity index (χ0) is 28.9. The number of nitrogens with one attached hydrogen (secondary N) is 4. The van der Waals surface area contributed by atoms with Gasteiger partial charge in [0.1, 0.15) is 6.07 Å². The predicted octanol–water partition coefficient (Wildman–Crippen LogP) is 5.57. The molecule has 1 atom stereocenters. The van der Waals surface area contributed by atoms with Crippen LogP contribution in [0.4, 0.5) is 11.4 Å². The first-order chi connectivity index (χ1) is 18.9. The fourth-order valence-corrected chi connectivity index (χ4v) is 4.26. The number of pyridine rings is 1. The number of hydrazine groups is 2. The van der Waals surface area contributed by atoms with Crippen LogP contribution in [0.1, 0.15) is 60.4 Å². The standard InChI is InChI=1S/C28H29ClN8/c1-28(2,3)16-33-25-19(13-31)14-32-27-22(25)10-20(11-23(27)29)34-26(18-6-4-5-17(9-18)12-30)24-15-37(36-35-24)21-7-8-21/h4-6,9-11,14-15,21,26,34-36H,7-8,16H2,1-3H3,(H,32,33)/i16D2,26D. The highest BCUT2D eigenvalue weighted by Crippen LogP contribution is 2.37. The summed E-state index contributed by atoms with van der Waals surface area (Å²) in [6, 6.07) is 13.2. The molecule has 1 aromatic heterocycles. The van der Waals surface area contributed by atoms with E-state index in [1.54, 1.807) is 57.2 Å². The molecule has 2 aliphatic rings. The Hall–Kier alpha value is -3.98. The lowest BCUT2D eigenvalue weighted by atomic mass is 9.96. The molecule has 1 saturated carbocycles. The van der Waals surface area contributed by atoms with E-state index in [1.807, 2.05) is 11.2 Å². The minimum absolute atomic E-state index is 0.164. The van der Waals surface area contributed by atoms with Gasteiger partial charge in [-0.2, -0.15) is 10.5 Å². The monoisotopic (exact) mass is 515 g/mol. The van der Waals surface area contributed by atoms with E-state index in [0.717, 1.165) is 12.8 Å². The molecule has 1 aliphatic carbocycles. The molecule has 0 amide bonds. The van der Waals surface area contributed by atoms with Gasteiger partial charge in [-0.3, -0.25) is 9.99 Å². The Morgan fingerprint density at radius 1 is 1.27 bits per heavy atom. The molecule has 9 heteroatoms. The van der Waals surface area contributed by atoms with E-state index in [9.17, 15) is 11.9 Å². The van der Waals surface area contributed by atoms with Gasteiger partial charge in [0.05, 0.1) is 46.5 Å². The molecule has 1 fully saturated rings. The van der Waals surface area contributed by atoms with Crippen molar-refractivity contribution in [1.82, 2.24) is 21.0 Å². The lowest BCUT2D eigenvalue weighted by Gasteiger charge is -2.23. The van der Waals surface area contributed by atoms with Crippen molar-refractivity contribution in [1.29, 1.82) is 10.5 Å². The maximum Gasteiger partial charge on any atom is 0.103 e. The Balaban J connectivity index is 1.64. The van der Waals surface area contributed by atoms with Crippen LogP contribution in [-0.2, 0) is 0 Å². The van der Waals surface area contributed by atoms with Crippen molar-refractivity contribution in [3.8, 4) is 12.1 Å². The number of anilines is 2. The van der Waals surface area contributed by atoms with Crippen LogP contribution >= 0.6 is 11.6 Å². The molecular weight excluding hydrogens is 484 g/mol. The number of halogens is 1. The Kier molecular flexibility index (Phi) is 5.61. The van der Waals surface area contributed by atoms with Crippen molar-refractivity contribution < 1.29 is 4.11 Å². The summed E-state index contributed by atoms with van der Waals surface area (Å²) in [7, 11) is 0. The first-order valence-corrected chi connectivity index (χ1v) is 12.4. The summed E-state index contributed by atoms with van der Waals surface area (Å²) in [5.41, 5.74) is 8.13. The quantitative estimate of drug-likeness (QED) is 0.323. The van der Waals surface area contributed by atoms with E-state index < -0.39 is 17.9 Å². The molecule has 1 aliphatic heterocycles. The highest BCUT2D eigenvalue weighted by Gasteiger charge is 2.32. The van der Waals surface area contributed by atoms with Gasteiger partial charge in [0.15, 0.2) is 0 Å². The third kappa shape index (κ3) is 5.41. The van der Waals surface area contributed by atoms with E-state index in [2.05, 4.69) is 38.7 Å². The van der Waals surface area contributed by atoms with Gasteiger partial charge in [0.25, 0.3) is 0 Å². The SMILES string of the molecule is [2H]C(Nc1cc(Cl)c2ncc(C#N)c(NC([2H])([2H])C(C)(C)C)c2c1)(C1=CN(C2CC2)NN1)c1cccc(C#N)c1. The Morgan fingerprint density at radius 2 is 2.08 bits per heavy atom. The van der Waals surface area contributed by atoms with Crippen molar-refractivity contribution in [2.75, 3.05) is 17.1 Å². The van der Waals surface area contributed by atoms with Crippen molar-refractivity contribution >= 4 is 33.9 Å². The van der Waals surface area contributed by atoms with Crippen LogP contribution in [0, 0.1) is 28.1 Å². The van der Waals surface area contributed by atoms with Gasteiger partial charge < -0.3 is 16.1 Å². The summed E-state index contributed by atoms with van der Waals surface area (Å²) in [5.74, 6) is 0. The van der Waals surface area contributed by atoms with Crippen LogP contribution in [0.5, 0.6) is 0 Å². The average molecular weight is 516 g/mol. The van der Waals surface area contributed by atoms with Crippen molar-refractivity contribution in [3.63, 3.8) is 0 Å². The highest BCUT2D eigenvalue weighted by atomic mass is 35.5. The van der Waals surface area contributed by atoms with E-state index in [-0.39, 0.29) is 16.3 Å². The van der Waals surface area contributed by atoms with Crippen molar-refractivity contribution in [2.24, 2.45) is 5.41 Å². The van der Waals surface area contributed by atoms with Crippen LogP contribution in [0.15, 0.2) is 54.5 Å². The summed E-state index contributed by atoms with van der Waals surface area (Å²) >= 11 is 6.68. The fourth-order valence-electron chi connectivity index (χ4n) is 3.99. The molecule has 0 bridgehead atoms. The Bertz CT molecular complexity index is 1600.